The molecule has 1 fully saturated rings. The Morgan fingerprint density at radius 3 is 2.37 bits per heavy atom. The van der Waals surface area contributed by atoms with E-state index in [1.165, 1.54) is 24.8 Å². The number of carbonyl (C=O) groups excluding carboxylic acids is 1. The van der Waals surface area contributed by atoms with Crippen LogP contribution in [0.2, 0.25) is 0 Å². The average Bonchev–Trinajstić information content (AvgIpc) is 2.73. The Kier molecular flexibility index (Phi) is 7.03. The predicted molar refractivity (Wildman–Crippen MR) is 110 cm³/mol. The molecule has 3 rings (SSSR count). The molecule has 1 saturated carbocycles. The number of unbranched alkanes of at least 4 members (excludes halogenated alkanes) is 1. The van der Waals surface area contributed by atoms with Gasteiger partial charge in [-0.15, -0.1) is 0 Å². The number of pyridine rings is 1. The molecule has 3 heteroatoms. The average molecular weight is 366 g/mol. The maximum Gasteiger partial charge on any atom is 0.314 e. The molecular weight excluding hydrogens is 334 g/mol. The fourth-order valence-electron chi connectivity index (χ4n) is 3.88. The maximum atomic E-state index is 12.5. The third-order valence-corrected chi connectivity index (χ3v) is 5.75. The quantitative estimate of drug-likeness (QED) is 0.432. The summed E-state index contributed by atoms with van der Waals surface area (Å²) in [4.78, 5) is 17.0. The van der Waals surface area contributed by atoms with Crippen LogP contribution < -0.4 is 4.74 Å². The highest BCUT2D eigenvalue weighted by Gasteiger charge is 2.27. The highest BCUT2D eigenvalue weighted by Crippen LogP contribution is 2.33. The summed E-state index contributed by atoms with van der Waals surface area (Å²) in [5, 5.41) is 0. The van der Waals surface area contributed by atoms with Crippen LogP contribution in [0.3, 0.4) is 0 Å². The summed E-state index contributed by atoms with van der Waals surface area (Å²) in [5.74, 6) is 1.43. The molecule has 0 bridgehead atoms. The Labute approximate surface area is 163 Å². The zero-order chi connectivity index (χ0) is 19.1. The highest BCUT2D eigenvalue weighted by atomic mass is 16.5. The molecule has 1 aliphatic carbocycles. The van der Waals surface area contributed by atoms with E-state index in [-0.39, 0.29) is 11.9 Å². The van der Waals surface area contributed by atoms with E-state index < -0.39 is 0 Å². The van der Waals surface area contributed by atoms with Gasteiger partial charge in [-0.25, -0.2) is 0 Å². The van der Waals surface area contributed by atoms with Gasteiger partial charge in [0.1, 0.15) is 5.75 Å². The van der Waals surface area contributed by atoms with Crippen molar-refractivity contribution in [3.8, 4) is 17.0 Å². The smallest absolute Gasteiger partial charge is 0.314 e. The van der Waals surface area contributed by atoms with Crippen molar-refractivity contribution >= 4 is 5.97 Å². The van der Waals surface area contributed by atoms with Crippen molar-refractivity contribution in [3.05, 3.63) is 48.2 Å². The number of benzene rings is 1. The van der Waals surface area contributed by atoms with Crippen LogP contribution in [0, 0.1) is 11.8 Å². The number of hydrogen-bond acceptors (Lipinski definition) is 3. The van der Waals surface area contributed by atoms with Crippen LogP contribution >= 0.6 is 0 Å². The summed E-state index contributed by atoms with van der Waals surface area (Å²) in [6.07, 6.45) is 11.1. The van der Waals surface area contributed by atoms with Gasteiger partial charge in [-0.2, -0.15) is 0 Å². The lowest BCUT2D eigenvalue weighted by atomic mass is 9.80. The molecule has 0 atom stereocenters. The fraction of sp³-hybridized carbons (Fsp3) is 0.500. The first kappa shape index (κ1) is 19.6. The van der Waals surface area contributed by atoms with Crippen LogP contribution in [0.5, 0.6) is 5.75 Å². The lowest BCUT2D eigenvalue weighted by molar-refractivity contribution is -0.140. The van der Waals surface area contributed by atoms with Crippen LogP contribution in [-0.2, 0) is 11.2 Å². The van der Waals surface area contributed by atoms with Gasteiger partial charge >= 0.3 is 5.97 Å². The zero-order valence-corrected chi connectivity index (χ0v) is 16.6. The monoisotopic (exact) mass is 365 g/mol. The predicted octanol–water partition coefficient (Wildman–Crippen LogP) is 6.21. The van der Waals surface area contributed by atoms with E-state index in [0.717, 1.165) is 49.3 Å². The molecule has 0 unspecified atom stereocenters. The normalized spacial score (nSPS) is 19.6. The standard InChI is InChI=1S/C24H31NO2/c1-3-5-6-19-7-10-21(11-8-19)24(26)27-22-14-12-20(13-15-22)23-16-9-18(4-2)17-25-23/h9,12-17,19,21H,3-8,10-11H2,1-2H3/t19-,21-. The van der Waals surface area contributed by atoms with Gasteiger partial charge in [0.2, 0.25) is 0 Å². The number of aromatic nitrogens is 1. The third-order valence-electron chi connectivity index (χ3n) is 5.75. The summed E-state index contributed by atoms with van der Waals surface area (Å²) in [7, 11) is 0. The van der Waals surface area contributed by atoms with Crippen LogP contribution in [0.4, 0.5) is 0 Å². The minimum Gasteiger partial charge on any atom is -0.426 e. The lowest BCUT2D eigenvalue weighted by Gasteiger charge is -2.27. The maximum absolute atomic E-state index is 12.5. The molecule has 27 heavy (non-hydrogen) atoms. The van der Waals surface area contributed by atoms with Gasteiger partial charge in [0.15, 0.2) is 0 Å². The Morgan fingerprint density at radius 1 is 1.04 bits per heavy atom. The topological polar surface area (TPSA) is 39.2 Å². The molecule has 0 spiro atoms. The van der Waals surface area contributed by atoms with E-state index in [1.807, 2.05) is 36.5 Å². The Morgan fingerprint density at radius 2 is 1.78 bits per heavy atom. The second-order valence-electron chi connectivity index (χ2n) is 7.71. The number of esters is 1. The van der Waals surface area contributed by atoms with Crippen molar-refractivity contribution in [3.63, 3.8) is 0 Å². The zero-order valence-electron chi connectivity index (χ0n) is 16.6. The molecule has 1 aromatic carbocycles. The first-order valence-electron chi connectivity index (χ1n) is 10.5. The first-order valence-corrected chi connectivity index (χ1v) is 10.5. The summed E-state index contributed by atoms with van der Waals surface area (Å²) >= 11 is 0. The molecule has 1 heterocycles. The van der Waals surface area contributed by atoms with Crippen molar-refractivity contribution in [1.82, 2.24) is 4.98 Å². The minimum absolute atomic E-state index is 0.0609. The lowest BCUT2D eigenvalue weighted by Crippen LogP contribution is -2.25. The number of hydrogen-bond donors (Lipinski definition) is 0. The van der Waals surface area contributed by atoms with Crippen molar-refractivity contribution in [2.75, 3.05) is 0 Å². The molecule has 0 amide bonds. The molecule has 0 aliphatic heterocycles. The van der Waals surface area contributed by atoms with E-state index >= 15 is 0 Å². The van der Waals surface area contributed by atoms with Crippen molar-refractivity contribution < 1.29 is 9.53 Å². The molecule has 1 aromatic heterocycles. The highest BCUT2D eigenvalue weighted by molar-refractivity contribution is 5.75. The Bertz CT molecular complexity index is 713. The number of nitrogens with zero attached hydrogens (tertiary/aromatic N) is 1. The second-order valence-corrected chi connectivity index (χ2v) is 7.71. The largest absolute Gasteiger partial charge is 0.426 e. The Balaban J connectivity index is 1.52. The SMILES string of the molecule is CCCC[C@H]1CC[C@H](C(=O)Oc2ccc(-c3ccc(CC)cn3)cc2)CC1. The van der Waals surface area contributed by atoms with E-state index in [0.29, 0.717) is 5.75 Å². The van der Waals surface area contributed by atoms with Crippen LogP contribution in [0.1, 0.15) is 64.4 Å². The first-order chi connectivity index (χ1) is 13.2. The molecule has 2 aromatic rings. The third kappa shape index (κ3) is 5.41. The van der Waals surface area contributed by atoms with Crippen LogP contribution in [-0.4, -0.2) is 11.0 Å². The summed E-state index contributed by atoms with van der Waals surface area (Å²) in [6.45, 7) is 4.36. The number of aryl methyl sites for hydroxylation is 1. The molecule has 144 valence electrons. The van der Waals surface area contributed by atoms with Gasteiger partial charge in [-0.1, -0.05) is 39.2 Å². The van der Waals surface area contributed by atoms with E-state index in [2.05, 4.69) is 24.9 Å². The molecule has 0 N–H and O–H groups in total. The fourth-order valence-corrected chi connectivity index (χ4v) is 3.88. The Hall–Kier alpha value is -2.16. The molecular formula is C24H31NO2. The van der Waals surface area contributed by atoms with E-state index in [1.54, 1.807) is 0 Å². The second kappa shape index (κ2) is 9.68. The van der Waals surface area contributed by atoms with Crippen LogP contribution in [0.15, 0.2) is 42.6 Å². The molecule has 3 nitrogen and oxygen atoms in total. The molecule has 1 aliphatic rings. The van der Waals surface area contributed by atoms with Gasteiger partial charge in [0.05, 0.1) is 11.6 Å². The van der Waals surface area contributed by atoms with Gasteiger partial charge in [0, 0.05) is 11.8 Å². The van der Waals surface area contributed by atoms with Crippen LogP contribution in [0.25, 0.3) is 11.3 Å². The van der Waals surface area contributed by atoms with Crippen molar-refractivity contribution in [1.29, 1.82) is 0 Å². The van der Waals surface area contributed by atoms with Gasteiger partial charge < -0.3 is 4.74 Å². The summed E-state index contributed by atoms with van der Waals surface area (Å²) in [6, 6.07) is 11.8. The molecule has 0 saturated heterocycles. The summed E-state index contributed by atoms with van der Waals surface area (Å²) < 4.78 is 5.64. The summed E-state index contributed by atoms with van der Waals surface area (Å²) in [5.41, 5.74) is 3.21. The van der Waals surface area contributed by atoms with Gasteiger partial charge in [-0.05, 0) is 73.9 Å². The van der Waals surface area contributed by atoms with Gasteiger partial charge in [0.25, 0.3) is 0 Å². The van der Waals surface area contributed by atoms with Crippen molar-refractivity contribution in [2.45, 2.75) is 65.2 Å². The van der Waals surface area contributed by atoms with Gasteiger partial charge in [-0.3, -0.25) is 9.78 Å². The molecule has 0 radical (unpaired) electrons. The van der Waals surface area contributed by atoms with E-state index in [4.69, 9.17) is 4.74 Å². The number of rotatable bonds is 7. The van der Waals surface area contributed by atoms with Crippen molar-refractivity contribution in [2.24, 2.45) is 11.8 Å². The number of ether oxygens (including phenoxy) is 1. The van der Waals surface area contributed by atoms with E-state index in [9.17, 15) is 4.79 Å². The minimum atomic E-state index is -0.0675. The number of carbonyl (C=O) groups is 1.